The van der Waals surface area contributed by atoms with Gasteiger partial charge in [-0.2, -0.15) is 5.92 Å². The molecule has 0 aliphatic heterocycles. The molecule has 3 heterocycles. The van der Waals surface area contributed by atoms with Crippen LogP contribution in [-0.4, -0.2) is 42.0 Å². The second-order valence-electron chi connectivity index (χ2n) is 8.30. The Kier molecular flexibility index (Phi) is 6.25. The van der Waals surface area contributed by atoms with Gasteiger partial charge in [-0.05, 0) is 37.6 Å². The number of carboxylic acids is 1. The van der Waals surface area contributed by atoms with Gasteiger partial charge in [-0.25, -0.2) is 39.1 Å². The number of carbonyl (C=O) groups is 2. The molecule has 0 aromatic carbocycles. The van der Waals surface area contributed by atoms with Crippen LogP contribution in [-0.2, 0) is 4.79 Å². The maximum Gasteiger partial charge on any atom is 0.337 e. The number of aromatic carboxylic acids is 1. The van der Waals surface area contributed by atoms with Gasteiger partial charge in [-0.3, -0.25) is 14.2 Å². The molecule has 0 saturated heterocycles. The van der Waals surface area contributed by atoms with E-state index in [-0.39, 0.29) is 11.5 Å². The summed E-state index contributed by atoms with van der Waals surface area (Å²) in [7, 11) is 0. The van der Waals surface area contributed by atoms with Gasteiger partial charge in [0.2, 0.25) is 5.91 Å². The first-order valence-electron chi connectivity index (χ1n) is 11.5. The zero-order valence-corrected chi connectivity index (χ0v) is 20.1. The van der Waals surface area contributed by atoms with Gasteiger partial charge >= 0.3 is 11.6 Å². The number of aromatic nitrogens is 4. The molecule has 37 heavy (non-hydrogen) atoms. The number of aromatic amines is 1. The SMILES string of the molecule is CC=C1C=CC=CC1=NC(=O)[C-]1C=C[C-]([NH+]=c2nccc(-c3c(C)nc4ccc(C(=O)O)cn34)[nH]2)C=C1. The van der Waals surface area contributed by atoms with Crippen LogP contribution in [0.4, 0.5) is 0 Å². The van der Waals surface area contributed by atoms with Crippen LogP contribution in [0.5, 0.6) is 0 Å². The highest BCUT2D eigenvalue weighted by Crippen LogP contribution is 2.23. The number of pyridine rings is 1. The van der Waals surface area contributed by atoms with Crippen LogP contribution < -0.4 is 10.6 Å². The average molecular weight is 492 g/mol. The van der Waals surface area contributed by atoms with Crippen molar-refractivity contribution in [3.63, 3.8) is 0 Å². The number of fused-ring (bicyclic) bond motifs is 1. The van der Waals surface area contributed by atoms with Crippen molar-refractivity contribution < 1.29 is 19.7 Å². The monoisotopic (exact) mass is 491 g/mol. The van der Waals surface area contributed by atoms with Gasteiger partial charge in [0, 0.05) is 12.3 Å². The Balaban J connectivity index is 1.39. The molecule has 0 unspecified atom stereocenters. The highest BCUT2D eigenvalue weighted by atomic mass is 16.4. The molecule has 2 aliphatic carbocycles. The number of hydrogen-bond acceptors (Lipinski definition) is 4. The Morgan fingerprint density at radius 3 is 2.68 bits per heavy atom. The van der Waals surface area contributed by atoms with Crippen molar-refractivity contribution in [1.82, 2.24) is 19.4 Å². The first-order valence-corrected chi connectivity index (χ1v) is 11.5. The number of imidazole rings is 1. The zero-order chi connectivity index (χ0) is 25.9. The van der Waals surface area contributed by atoms with Crippen molar-refractivity contribution in [1.29, 1.82) is 0 Å². The summed E-state index contributed by atoms with van der Waals surface area (Å²) in [6, 6.07) is 5.72. The van der Waals surface area contributed by atoms with Gasteiger partial charge in [0.25, 0.3) is 0 Å². The maximum atomic E-state index is 12.7. The Morgan fingerprint density at radius 1 is 1.14 bits per heavy atom. The van der Waals surface area contributed by atoms with Gasteiger partial charge < -0.3 is 10.1 Å². The number of amides is 1. The van der Waals surface area contributed by atoms with Crippen molar-refractivity contribution in [2.75, 3.05) is 0 Å². The quantitative estimate of drug-likeness (QED) is 0.481. The zero-order valence-electron chi connectivity index (χ0n) is 20.1. The molecule has 0 saturated carbocycles. The third-order valence-corrected chi connectivity index (χ3v) is 5.86. The standard InChI is InChI=1S/C28H23N6O3/c1-3-18-6-4-5-7-22(18)32-26(35)19-8-11-21(12-9-19)31-28-29-15-14-23(33-28)25-17(2)30-24-13-10-20(27(36)37)16-34(24)25/h3-16,31,33H,1-2H3,(H,36,37)/q-1. The summed E-state index contributed by atoms with van der Waals surface area (Å²) in [6.45, 7) is 3.77. The van der Waals surface area contributed by atoms with E-state index in [1.807, 2.05) is 44.2 Å². The molecule has 5 rings (SSSR count). The molecule has 0 fully saturated rings. The highest BCUT2D eigenvalue weighted by molar-refractivity contribution is 6.17. The fourth-order valence-corrected chi connectivity index (χ4v) is 4.04. The molecular formula is C28H23N6O3-. The van der Waals surface area contributed by atoms with Crippen molar-refractivity contribution in [2.24, 2.45) is 4.99 Å². The van der Waals surface area contributed by atoms with Crippen LogP contribution in [0.1, 0.15) is 23.0 Å². The summed E-state index contributed by atoms with van der Waals surface area (Å²) in [4.78, 5) is 43.7. The summed E-state index contributed by atoms with van der Waals surface area (Å²) in [5.74, 6) is -0.864. The number of H-pyrrole nitrogens is 1. The number of rotatable bonds is 4. The summed E-state index contributed by atoms with van der Waals surface area (Å²) in [5.41, 5.74) is 4.99. The lowest BCUT2D eigenvalue weighted by atomic mass is 9.99. The number of carbonyl (C=O) groups excluding carboxylic acids is 1. The van der Waals surface area contributed by atoms with Crippen LogP contribution in [0.25, 0.3) is 17.0 Å². The van der Waals surface area contributed by atoms with Gasteiger partial charge in [-0.15, -0.1) is 11.0 Å². The number of hydrogen-bond donors (Lipinski definition) is 3. The van der Waals surface area contributed by atoms with Gasteiger partial charge in [-0.1, -0.05) is 24.3 Å². The largest absolute Gasteiger partial charge is 0.478 e. The van der Waals surface area contributed by atoms with Gasteiger partial charge in [0.15, 0.2) is 0 Å². The predicted molar refractivity (Wildman–Crippen MR) is 138 cm³/mol. The molecule has 9 heteroatoms. The van der Waals surface area contributed by atoms with E-state index in [9.17, 15) is 14.7 Å². The number of aryl methyl sites for hydroxylation is 1. The minimum absolute atomic E-state index is 0.163. The normalized spacial score (nSPS) is 17.5. The molecule has 3 aromatic heterocycles. The van der Waals surface area contributed by atoms with Crippen LogP contribution in [0.15, 0.2) is 95.8 Å². The molecule has 0 spiro atoms. The fourth-order valence-electron chi connectivity index (χ4n) is 4.04. The van der Waals surface area contributed by atoms with Gasteiger partial charge in [0.05, 0.1) is 23.2 Å². The topological polar surface area (TPSA) is 127 Å². The molecular weight excluding hydrogens is 468 g/mol. The molecule has 0 atom stereocenters. The van der Waals surface area contributed by atoms with E-state index in [2.05, 4.69) is 24.9 Å². The highest BCUT2D eigenvalue weighted by Gasteiger charge is 2.15. The molecule has 184 valence electrons. The van der Waals surface area contributed by atoms with Crippen molar-refractivity contribution >= 4 is 23.2 Å². The lowest BCUT2D eigenvalue weighted by molar-refractivity contribution is -0.475. The summed E-state index contributed by atoms with van der Waals surface area (Å²) < 4.78 is 1.74. The second-order valence-corrected chi connectivity index (χ2v) is 8.30. The van der Waals surface area contributed by atoms with E-state index >= 15 is 0 Å². The Bertz CT molecular complexity index is 1650. The average Bonchev–Trinajstić information content (AvgIpc) is 3.24. The maximum absolute atomic E-state index is 12.7. The molecule has 0 bridgehead atoms. The predicted octanol–water partition coefficient (Wildman–Crippen LogP) is 1.98. The van der Waals surface area contributed by atoms with E-state index in [1.54, 1.807) is 53.2 Å². The number of allylic oxidation sites excluding steroid dienone is 6. The smallest absolute Gasteiger partial charge is 0.337 e. The summed E-state index contributed by atoms with van der Waals surface area (Å²) in [5, 5.41) is 9.38. The van der Waals surface area contributed by atoms with Crippen molar-refractivity contribution in [3.8, 4) is 11.4 Å². The molecule has 9 nitrogen and oxygen atoms in total. The van der Waals surface area contributed by atoms with E-state index in [0.29, 0.717) is 28.6 Å². The summed E-state index contributed by atoms with van der Waals surface area (Å²) in [6.07, 6.45) is 19.6. The lowest BCUT2D eigenvalue weighted by Gasteiger charge is -2.26. The second kappa shape index (κ2) is 9.82. The van der Waals surface area contributed by atoms with Gasteiger partial charge in [0.1, 0.15) is 17.0 Å². The molecule has 3 N–H and O–H groups in total. The number of aliphatic imine (C=N–C) groups is 1. The van der Waals surface area contributed by atoms with Crippen LogP contribution in [0, 0.1) is 18.9 Å². The van der Waals surface area contributed by atoms with E-state index in [0.717, 1.165) is 23.0 Å². The Morgan fingerprint density at radius 2 is 1.92 bits per heavy atom. The van der Waals surface area contributed by atoms with Crippen molar-refractivity contribution in [3.05, 3.63) is 120 Å². The fraction of sp³-hybridized carbons (Fsp3) is 0.0714. The van der Waals surface area contributed by atoms with E-state index < -0.39 is 5.97 Å². The lowest BCUT2D eigenvalue weighted by Crippen LogP contribution is -2.79. The number of carboxylic acid groups (broad SMARTS) is 1. The molecule has 2 aliphatic rings. The molecule has 3 aromatic rings. The number of nitrogens with one attached hydrogen (secondary N) is 2. The van der Waals surface area contributed by atoms with Crippen LogP contribution in [0.2, 0.25) is 0 Å². The van der Waals surface area contributed by atoms with Crippen LogP contribution in [0.3, 0.4) is 0 Å². The third kappa shape index (κ3) is 4.83. The number of nitrogens with zero attached hydrogens (tertiary/aromatic N) is 4. The van der Waals surface area contributed by atoms with Crippen LogP contribution >= 0.6 is 0 Å². The van der Waals surface area contributed by atoms with Crippen molar-refractivity contribution in [2.45, 2.75) is 13.8 Å². The Labute approximate surface area is 212 Å². The third-order valence-electron chi connectivity index (χ3n) is 5.86. The van der Waals surface area contributed by atoms with E-state index in [4.69, 9.17) is 0 Å². The molecule has 1 amide bonds. The summed E-state index contributed by atoms with van der Waals surface area (Å²) >= 11 is 0. The van der Waals surface area contributed by atoms with E-state index in [1.165, 1.54) is 6.07 Å². The minimum atomic E-state index is -1.01. The molecule has 0 radical (unpaired) electrons. The first kappa shape index (κ1) is 23.6. The first-order chi connectivity index (χ1) is 17.9. The minimum Gasteiger partial charge on any atom is -0.478 e. The Hall–Kier alpha value is -5.18.